The van der Waals surface area contributed by atoms with Gasteiger partial charge in [-0.3, -0.25) is 20.2 Å². The zero-order chi connectivity index (χ0) is 15.1. The molecule has 20 heavy (non-hydrogen) atoms. The Morgan fingerprint density at radius 1 is 1.15 bits per heavy atom. The van der Waals surface area contributed by atoms with Crippen LogP contribution in [0.1, 0.15) is 44.3 Å². The minimum Gasteiger partial charge on any atom is -0.381 e. The number of hydrogen-bond acceptors (Lipinski definition) is 5. The largest absolute Gasteiger partial charge is 0.381 e. The van der Waals surface area contributed by atoms with E-state index in [1.807, 2.05) is 6.92 Å². The fourth-order valence-electron chi connectivity index (χ4n) is 2.00. The summed E-state index contributed by atoms with van der Waals surface area (Å²) in [6.07, 6.45) is 1.53. The van der Waals surface area contributed by atoms with Crippen LogP contribution in [-0.2, 0) is 0 Å². The average Bonchev–Trinajstić information content (AvgIpc) is 2.42. The zero-order valence-electron chi connectivity index (χ0n) is 11.3. The van der Waals surface area contributed by atoms with E-state index in [0.717, 1.165) is 12.8 Å². The molecule has 7 heteroatoms. The van der Waals surface area contributed by atoms with E-state index in [9.17, 15) is 25.3 Å². The van der Waals surface area contributed by atoms with E-state index in [1.54, 1.807) is 0 Å². The minimum absolute atomic E-state index is 0.107. The molecule has 2 atom stereocenters. The molecule has 1 aromatic rings. The van der Waals surface area contributed by atoms with Crippen LogP contribution >= 0.6 is 0 Å². The maximum absolute atomic E-state index is 11.0. The molecule has 0 amide bonds. The SMILES string of the molecule is CCCCC[C@H]([C@@H](O)c1ccc([N+](=O)[O-])cc1)[N+](=O)[O-]. The first-order chi connectivity index (χ1) is 9.47. The van der Waals surface area contributed by atoms with Crippen molar-refractivity contribution in [1.29, 1.82) is 0 Å². The van der Waals surface area contributed by atoms with Crippen LogP contribution in [0.3, 0.4) is 0 Å². The Bertz CT molecular complexity index is 460. The lowest BCUT2D eigenvalue weighted by Crippen LogP contribution is -2.27. The van der Waals surface area contributed by atoms with Crippen molar-refractivity contribution in [2.24, 2.45) is 0 Å². The van der Waals surface area contributed by atoms with Crippen molar-refractivity contribution in [3.05, 3.63) is 50.1 Å². The first-order valence-electron chi connectivity index (χ1n) is 6.53. The van der Waals surface area contributed by atoms with Gasteiger partial charge in [0.1, 0.15) is 6.10 Å². The fraction of sp³-hybridized carbons (Fsp3) is 0.538. The van der Waals surface area contributed by atoms with Crippen molar-refractivity contribution in [2.45, 2.75) is 44.8 Å². The molecule has 0 saturated carbocycles. The van der Waals surface area contributed by atoms with Gasteiger partial charge in [-0.05, 0) is 24.1 Å². The van der Waals surface area contributed by atoms with Crippen molar-refractivity contribution in [1.82, 2.24) is 0 Å². The second-order valence-electron chi connectivity index (χ2n) is 4.64. The molecule has 0 bridgehead atoms. The molecule has 1 aromatic carbocycles. The van der Waals surface area contributed by atoms with Gasteiger partial charge >= 0.3 is 0 Å². The number of benzene rings is 1. The number of aliphatic hydroxyl groups is 1. The molecule has 0 saturated heterocycles. The van der Waals surface area contributed by atoms with Gasteiger partial charge in [-0.25, -0.2) is 0 Å². The smallest absolute Gasteiger partial charge is 0.269 e. The van der Waals surface area contributed by atoms with Crippen LogP contribution in [-0.4, -0.2) is 21.0 Å². The minimum atomic E-state index is -1.25. The zero-order valence-corrected chi connectivity index (χ0v) is 11.3. The molecule has 7 nitrogen and oxygen atoms in total. The summed E-state index contributed by atoms with van der Waals surface area (Å²) in [5.74, 6) is 0. The number of nitro groups is 2. The highest BCUT2D eigenvalue weighted by Crippen LogP contribution is 2.24. The van der Waals surface area contributed by atoms with E-state index >= 15 is 0 Å². The summed E-state index contributed by atoms with van der Waals surface area (Å²) >= 11 is 0. The Morgan fingerprint density at radius 3 is 2.20 bits per heavy atom. The molecular weight excluding hydrogens is 264 g/mol. The number of nitro benzene ring substituents is 1. The Morgan fingerprint density at radius 2 is 1.75 bits per heavy atom. The van der Waals surface area contributed by atoms with Gasteiger partial charge in [0.05, 0.1) is 4.92 Å². The summed E-state index contributed by atoms with van der Waals surface area (Å²) in [5.41, 5.74) is 0.221. The summed E-state index contributed by atoms with van der Waals surface area (Å²) in [6, 6.07) is 4.12. The predicted octanol–water partition coefficient (Wildman–Crippen LogP) is 2.85. The number of rotatable bonds is 8. The first kappa shape index (κ1) is 16.0. The lowest BCUT2D eigenvalue weighted by atomic mass is 9.97. The van der Waals surface area contributed by atoms with E-state index in [2.05, 4.69) is 0 Å². The van der Waals surface area contributed by atoms with E-state index in [-0.39, 0.29) is 5.69 Å². The lowest BCUT2D eigenvalue weighted by molar-refractivity contribution is -0.537. The van der Waals surface area contributed by atoms with Crippen molar-refractivity contribution in [3.8, 4) is 0 Å². The number of hydrogen-bond donors (Lipinski definition) is 1. The van der Waals surface area contributed by atoms with Crippen LogP contribution in [0.5, 0.6) is 0 Å². The Labute approximate surface area is 116 Å². The van der Waals surface area contributed by atoms with Crippen molar-refractivity contribution < 1.29 is 15.0 Å². The van der Waals surface area contributed by atoms with Gasteiger partial charge in [-0.2, -0.15) is 0 Å². The molecule has 1 rings (SSSR count). The van der Waals surface area contributed by atoms with Crippen LogP contribution in [0, 0.1) is 20.2 Å². The van der Waals surface area contributed by atoms with Gasteiger partial charge in [-0.1, -0.05) is 19.8 Å². The molecule has 0 unspecified atom stereocenters. The summed E-state index contributed by atoms with van der Waals surface area (Å²) in [5, 5.41) is 31.6. The summed E-state index contributed by atoms with van der Waals surface area (Å²) in [7, 11) is 0. The Kier molecular flexibility index (Phi) is 6.05. The Hall–Kier alpha value is -2.02. The van der Waals surface area contributed by atoms with E-state index in [4.69, 9.17) is 0 Å². The van der Waals surface area contributed by atoms with Crippen molar-refractivity contribution in [3.63, 3.8) is 0 Å². The third-order valence-electron chi connectivity index (χ3n) is 3.18. The van der Waals surface area contributed by atoms with E-state index < -0.39 is 22.0 Å². The summed E-state index contributed by atoms with van der Waals surface area (Å²) in [4.78, 5) is 20.5. The molecule has 0 fully saturated rings. The molecule has 0 aliphatic heterocycles. The highest BCUT2D eigenvalue weighted by molar-refractivity contribution is 5.34. The van der Waals surface area contributed by atoms with E-state index in [0.29, 0.717) is 18.4 Å². The quantitative estimate of drug-likeness (QED) is 0.448. The van der Waals surface area contributed by atoms with Gasteiger partial charge < -0.3 is 5.11 Å². The van der Waals surface area contributed by atoms with Crippen LogP contribution in [0.25, 0.3) is 0 Å². The van der Waals surface area contributed by atoms with Gasteiger partial charge in [-0.15, -0.1) is 0 Å². The van der Waals surface area contributed by atoms with Gasteiger partial charge in [0, 0.05) is 23.5 Å². The van der Waals surface area contributed by atoms with Gasteiger partial charge in [0.25, 0.3) is 5.69 Å². The number of unbranched alkanes of at least 4 members (excludes halogenated alkanes) is 2. The number of non-ortho nitro benzene ring substituents is 1. The first-order valence-corrected chi connectivity index (χ1v) is 6.53. The topological polar surface area (TPSA) is 107 Å². The highest BCUT2D eigenvalue weighted by Gasteiger charge is 2.30. The van der Waals surface area contributed by atoms with Crippen LogP contribution in [0.4, 0.5) is 5.69 Å². The monoisotopic (exact) mass is 282 g/mol. The molecule has 110 valence electrons. The van der Waals surface area contributed by atoms with Crippen molar-refractivity contribution >= 4 is 5.69 Å². The lowest BCUT2D eigenvalue weighted by Gasteiger charge is -2.16. The van der Waals surface area contributed by atoms with Crippen LogP contribution in [0.15, 0.2) is 24.3 Å². The number of nitrogens with zero attached hydrogens (tertiary/aromatic N) is 2. The summed E-state index contributed by atoms with van der Waals surface area (Å²) in [6.45, 7) is 1.99. The molecule has 0 radical (unpaired) electrons. The summed E-state index contributed by atoms with van der Waals surface area (Å²) < 4.78 is 0. The molecule has 1 N–H and O–H groups in total. The molecule has 0 spiro atoms. The third-order valence-corrected chi connectivity index (χ3v) is 3.18. The average molecular weight is 282 g/mol. The predicted molar refractivity (Wildman–Crippen MR) is 73.0 cm³/mol. The fourth-order valence-corrected chi connectivity index (χ4v) is 2.00. The van der Waals surface area contributed by atoms with Gasteiger partial charge in [0.2, 0.25) is 6.04 Å². The molecular formula is C13H18N2O5. The molecule has 0 aliphatic carbocycles. The standard InChI is InChI=1S/C13H18N2O5/c1-2-3-4-5-12(15(19)20)13(16)10-6-8-11(9-7-10)14(17)18/h6-9,12-13,16H,2-5H2,1H3/t12-,13+/m1/s1. The van der Waals surface area contributed by atoms with Gasteiger partial charge in [0.15, 0.2) is 0 Å². The van der Waals surface area contributed by atoms with Crippen molar-refractivity contribution in [2.75, 3.05) is 0 Å². The highest BCUT2D eigenvalue weighted by atomic mass is 16.6. The Balaban J connectivity index is 2.80. The van der Waals surface area contributed by atoms with E-state index in [1.165, 1.54) is 24.3 Å². The van der Waals surface area contributed by atoms with Crippen LogP contribution < -0.4 is 0 Å². The van der Waals surface area contributed by atoms with Crippen LogP contribution in [0.2, 0.25) is 0 Å². The molecule has 0 aliphatic rings. The second-order valence-corrected chi connectivity index (χ2v) is 4.64. The maximum atomic E-state index is 11.0. The maximum Gasteiger partial charge on any atom is 0.269 e. The molecule has 0 heterocycles. The third kappa shape index (κ3) is 4.27. The second kappa shape index (κ2) is 7.54. The normalized spacial score (nSPS) is 13.7. The number of aliphatic hydroxyl groups excluding tert-OH is 1. The molecule has 0 aromatic heterocycles.